The van der Waals surface area contributed by atoms with Crippen LogP contribution < -0.4 is 0 Å². The Morgan fingerprint density at radius 1 is 1.19 bits per heavy atom. The van der Waals surface area contributed by atoms with Gasteiger partial charge < -0.3 is 4.90 Å². The minimum atomic E-state index is -0.268. The summed E-state index contributed by atoms with van der Waals surface area (Å²) in [5.74, 6) is 0.0732. The molecule has 4 rings (SSSR count). The van der Waals surface area contributed by atoms with Gasteiger partial charge in [-0.25, -0.2) is 4.39 Å². The minimum absolute atomic E-state index is 0.104. The number of pyridine rings is 1. The fourth-order valence-corrected chi connectivity index (χ4v) is 3.65. The molecule has 2 aromatic heterocycles. The molecule has 0 saturated carbocycles. The second kappa shape index (κ2) is 6.95. The number of benzene rings is 1. The lowest BCUT2D eigenvalue weighted by Crippen LogP contribution is -2.25. The van der Waals surface area contributed by atoms with E-state index in [-0.39, 0.29) is 17.6 Å². The number of halogens is 1. The Morgan fingerprint density at radius 3 is 2.59 bits per heavy atom. The smallest absolute Gasteiger partial charge is 0.219 e. The van der Waals surface area contributed by atoms with Gasteiger partial charge in [-0.3, -0.25) is 14.5 Å². The van der Waals surface area contributed by atoms with E-state index in [9.17, 15) is 9.18 Å². The number of likely N-dealkylation sites (tertiary alicyclic amines) is 1. The minimum Gasteiger partial charge on any atom is -0.342 e. The maximum atomic E-state index is 13.3. The third-order valence-corrected chi connectivity index (χ3v) is 5.14. The lowest BCUT2D eigenvalue weighted by Gasteiger charge is -2.17. The first-order valence-electron chi connectivity index (χ1n) is 9.02. The molecule has 0 N–H and O–H groups in total. The van der Waals surface area contributed by atoms with Crippen LogP contribution >= 0.6 is 0 Å². The molecule has 0 spiro atoms. The zero-order chi connectivity index (χ0) is 19.0. The van der Waals surface area contributed by atoms with Gasteiger partial charge in [0.1, 0.15) is 5.82 Å². The molecule has 1 saturated heterocycles. The van der Waals surface area contributed by atoms with E-state index in [0.29, 0.717) is 6.54 Å². The molecule has 1 aliphatic heterocycles. The van der Waals surface area contributed by atoms with E-state index < -0.39 is 0 Å². The summed E-state index contributed by atoms with van der Waals surface area (Å²) >= 11 is 0. The molecule has 1 aliphatic rings. The van der Waals surface area contributed by atoms with E-state index in [1.54, 1.807) is 23.7 Å². The molecule has 0 bridgehead atoms. The third-order valence-electron chi connectivity index (χ3n) is 5.14. The highest BCUT2D eigenvalue weighted by atomic mass is 19.1. The lowest BCUT2D eigenvalue weighted by molar-refractivity contribution is -0.127. The van der Waals surface area contributed by atoms with Crippen molar-refractivity contribution in [2.45, 2.75) is 19.3 Å². The van der Waals surface area contributed by atoms with Gasteiger partial charge in [0.15, 0.2) is 0 Å². The van der Waals surface area contributed by atoms with Crippen LogP contribution in [0, 0.1) is 5.82 Å². The van der Waals surface area contributed by atoms with Crippen molar-refractivity contribution in [2.24, 2.45) is 7.05 Å². The van der Waals surface area contributed by atoms with Crippen molar-refractivity contribution in [3.63, 3.8) is 0 Å². The monoisotopic (exact) mass is 364 g/mol. The van der Waals surface area contributed by atoms with E-state index in [0.717, 1.165) is 41.0 Å². The molecule has 1 unspecified atom stereocenters. The Hall–Kier alpha value is -3.02. The van der Waals surface area contributed by atoms with Crippen LogP contribution in [0.25, 0.3) is 22.5 Å². The molecule has 5 nitrogen and oxygen atoms in total. The molecule has 1 amide bonds. The Balaban J connectivity index is 1.77. The highest BCUT2D eigenvalue weighted by Gasteiger charge is 2.28. The van der Waals surface area contributed by atoms with Crippen molar-refractivity contribution < 1.29 is 9.18 Å². The number of hydrogen-bond acceptors (Lipinski definition) is 3. The standard InChI is InChI=1S/C21H21FN4O/c1-14(27)26-10-7-16(13-26)19-12-23-21(15-3-5-17(22)6-4-15)11-18(19)20-8-9-25(2)24-20/h3-6,8-9,11-12,16H,7,10,13H2,1-2H3. The molecule has 27 heavy (non-hydrogen) atoms. The zero-order valence-electron chi connectivity index (χ0n) is 15.4. The topological polar surface area (TPSA) is 51.0 Å². The fourth-order valence-electron chi connectivity index (χ4n) is 3.65. The number of carbonyl (C=O) groups excluding carboxylic acids is 1. The molecule has 138 valence electrons. The predicted octanol–water partition coefficient (Wildman–Crippen LogP) is 3.62. The van der Waals surface area contributed by atoms with Gasteiger partial charge in [0.25, 0.3) is 0 Å². The van der Waals surface area contributed by atoms with Crippen molar-refractivity contribution in [3.05, 3.63) is 60.2 Å². The largest absolute Gasteiger partial charge is 0.342 e. The molecule has 0 radical (unpaired) electrons. The van der Waals surface area contributed by atoms with Crippen molar-refractivity contribution in [2.75, 3.05) is 13.1 Å². The Kier molecular flexibility index (Phi) is 4.48. The Morgan fingerprint density at radius 2 is 1.96 bits per heavy atom. The summed E-state index contributed by atoms with van der Waals surface area (Å²) in [4.78, 5) is 18.2. The van der Waals surface area contributed by atoms with Gasteiger partial charge in [0.2, 0.25) is 5.91 Å². The average Bonchev–Trinajstić information content (AvgIpc) is 3.31. The van der Waals surface area contributed by atoms with E-state index >= 15 is 0 Å². The molecule has 1 fully saturated rings. The zero-order valence-corrected chi connectivity index (χ0v) is 15.4. The Bertz CT molecular complexity index is 980. The van der Waals surface area contributed by atoms with Gasteiger partial charge in [-0.15, -0.1) is 0 Å². The molecule has 3 aromatic rings. The molecule has 1 atom stereocenters. The van der Waals surface area contributed by atoms with Gasteiger partial charge in [-0.05, 0) is 48.4 Å². The van der Waals surface area contributed by atoms with Crippen LogP contribution in [0.4, 0.5) is 4.39 Å². The maximum Gasteiger partial charge on any atom is 0.219 e. The van der Waals surface area contributed by atoms with Crippen LogP contribution in [-0.4, -0.2) is 38.7 Å². The van der Waals surface area contributed by atoms with Crippen LogP contribution in [0.1, 0.15) is 24.8 Å². The quantitative estimate of drug-likeness (QED) is 0.713. The fraction of sp³-hybridized carbons (Fsp3) is 0.286. The van der Waals surface area contributed by atoms with Crippen molar-refractivity contribution in [3.8, 4) is 22.5 Å². The first-order valence-corrected chi connectivity index (χ1v) is 9.02. The molecular formula is C21H21FN4O. The molecule has 0 aliphatic carbocycles. The summed E-state index contributed by atoms with van der Waals surface area (Å²) in [5, 5.41) is 4.56. The summed E-state index contributed by atoms with van der Waals surface area (Å²) in [5.41, 5.74) is 4.63. The number of aryl methyl sites for hydroxylation is 1. The van der Waals surface area contributed by atoms with Gasteiger partial charge in [0, 0.05) is 56.5 Å². The summed E-state index contributed by atoms with van der Waals surface area (Å²) in [7, 11) is 1.89. The second-order valence-electron chi connectivity index (χ2n) is 6.99. The summed E-state index contributed by atoms with van der Waals surface area (Å²) in [6.07, 6.45) is 4.71. The Labute approximate surface area is 157 Å². The molecular weight excluding hydrogens is 343 g/mol. The van der Waals surface area contributed by atoms with Crippen LogP contribution in [0.15, 0.2) is 48.8 Å². The van der Waals surface area contributed by atoms with Gasteiger partial charge in [-0.2, -0.15) is 5.10 Å². The van der Waals surface area contributed by atoms with E-state index in [4.69, 9.17) is 0 Å². The molecule has 1 aromatic carbocycles. The number of aromatic nitrogens is 3. The van der Waals surface area contributed by atoms with Crippen molar-refractivity contribution in [1.82, 2.24) is 19.7 Å². The molecule has 6 heteroatoms. The SMILES string of the molecule is CC(=O)N1CCC(c2cnc(-c3ccc(F)cc3)cc2-c2ccn(C)n2)C1. The first-order chi connectivity index (χ1) is 13.0. The van der Waals surface area contributed by atoms with E-state index in [2.05, 4.69) is 10.1 Å². The number of nitrogens with zero attached hydrogens (tertiary/aromatic N) is 4. The van der Waals surface area contributed by atoms with E-state index in [1.807, 2.05) is 36.5 Å². The summed E-state index contributed by atoms with van der Waals surface area (Å²) in [6.45, 7) is 3.08. The molecule has 3 heterocycles. The average molecular weight is 364 g/mol. The second-order valence-corrected chi connectivity index (χ2v) is 6.99. The van der Waals surface area contributed by atoms with E-state index in [1.165, 1.54) is 12.1 Å². The maximum absolute atomic E-state index is 13.3. The number of hydrogen-bond donors (Lipinski definition) is 0. The van der Waals surface area contributed by atoms with Crippen LogP contribution in [0.2, 0.25) is 0 Å². The highest BCUT2D eigenvalue weighted by Crippen LogP contribution is 2.35. The number of carbonyl (C=O) groups is 1. The van der Waals surface area contributed by atoms with Crippen LogP contribution in [0.5, 0.6) is 0 Å². The summed E-state index contributed by atoms with van der Waals surface area (Å²) in [6, 6.07) is 10.3. The predicted molar refractivity (Wildman–Crippen MR) is 101 cm³/mol. The number of amides is 1. The van der Waals surface area contributed by atoms with Crippen LogP contribution in [-0.2, 0) is 11.8 Å². The summed E-state index contributed by atoms with van der Waals surface area (Å²) < 4.78 is 15.0. The van der Waals surface area contributed by atoms with Crippen molar-refractivity contribution >= 4 is 5.91 Å². The van der Waals surface area contributed by atoms with Gasteiger partial charge >= 0.3 is 0 Å². The van der Waals surface area contributed by atoms with Gasteiger partial charge in [0.05, 0.1) is 11.4 Å². The highest BCUT2D eigenvalue weighted by molar-refractivity contribution is 5.74. The third kappa shape index (κ3) is 3.47. The van der Waals surface area contributed by atoms with Crippen LogP contribution in [0.3, 0.4) is 0 Å². The van der Waals surface area contributed by atoms with Gasteiger partial charge in [-0.1, -0.05) is 0 Å². The lowest BCUT2D eigenvalue weighted by atomic mass is 9.92. The number of rotatable bonds is 3. The normalized spacial score (nSPS) is 16.7. The first kappa shape index (κ1) is 17.4. The van der Waals surface area contributed by atoms with Crippen molar-refractivity contribution in [1.29, 1.82) is 0 Å².